The molecule has 0 saturated carbocycles. The van der Waals surface area contributed by atoms with E-state index in [1.54, 1.807) is 19.2 Å². The van der Waals surface area contributed by atoms with Crippen molar-refractivity contribution in [2.45, 2.75) is 18.2 Å². The molecule has 0 fully saturated rings. The van der Waals surface area contributed by atoms with Crippen molar-refractivity contribution in [3.63, 3.8) is 0 Å². The number of aryl methyl sites for hydroxylation is 1. The second kappa shape index (κ2) is 9.45. The van der Waals surface area contributed by atoms with Gasteiger partial charge in [-0.25, -0.2) is 8.42 Å². The number of rotatable bonds is 8. The maximum Gasteiger partial charge on any atom is 0.261 e. The van der Waals surface area contributed by atoms with E-state index in [2.05, 4.69) is 10.0 Å². The second-order valence-electron chi connectivity index (χ2n) is 6.85. The summed E-state index contributed by atoms with van der Waals surface area (Å²) < 4.78 is 32.7. The van der Waals surface area contributed by atoms with Crippen molar-refractivity contribution in [3.8, 4) is 5.75 Å². The van der Waals surface area contributed by atoms with E-state index in [0.717, 1.165) is 16.9 Å². The summed E-state index contributed by atoms with van der Waals surface area (Å²) in [5.74, 6) is 0.536. The van der Waals surface area contributed by atoms with Crippen molar-refractivity contribution < 1.29 is 17.9 Å². The van der Waals surface area contributed by atoms with Crippen LogP contribution in [-0.2, 0) is 16.4 Å². The molecule has 30 heavy (non-hydrogen) atoms. The zero-order chi connectivity index (χ0) is 21.6. The van der Waals surface area contributed by atoms with Crippen molar-refractivity contribution >= 4 is 21.6 Å². The monoisotopic (exact) mass is 424 g/mol. The van der Waals surface area contributed by atoms with Gasteiger partial charge in [-0.15, -0.1) is 0 Å². The van der Waals surface area contributed by atoms with Gasteiger partial charge in [0.25, 0.3) is 15.9 Å². The Morgan fingerprint density at radius 3 is 2.13 bits per heavy atom. The average molecular weight is 425 g/mol. The van der Waals surface area contributed by atoms with Crippen LogP contribution in [0.2, 0.25) is 0 Å². The third-order valence-corrected chi connectivity index (χ3v) is 5.99. The Morgan fingerprint density at radius 1 is 0.900 bits per heavy atom. The molecular weight excluding hydrogens is 400 g/mol. The fourth-order valence-electron chi connectivity index (χ4n) is 2.84. The van der Waals surface area contributed by atoms with E-state index in [0.29, 0.717) is 24.2 Å². The number of sulfonamides is 1. The summed E-state index contributed by atoms with van der Waals surface area (Å²) in [5, 5.41) is 2.84. The lowest BCUT2D eigenvalue weighted by Crippen LogP contribution is -2.25. The summed E-state index contributed by atoms with van der Waals surface area (Å²) in [7, 11) is -2.10. The third-order valence-electron chi connectivity index (χ3n) is 4.59. The maximum atomic E-state index is 12.5. The molecule has 0 aromatic heterocycles. The largest absolute Gasteiger partial charge is 0.497 e. The molecule has 156 valence electrons. The van der Waals surface area contributed by atoms with Crippen LogP contribution >= 0.6 is 0 Å². The van der Waals surface area contributed by atoms with Crippen LogP contribution in [0.5, 0.6) is 5.75 Å². The number of anilines is 1. The highest BCUT2D eigenvalue weighted by atomic mass is 32.2. The van der Waals surface area contributed by atoms with Crippen molar-refractivity contribution in [3.05, 3.63) is 89.5 Å². The molecule has 0 heterocycles. The average Bonchev–Trinajstić information content (AvgIpc) is 2.76. The van der Waals surface area contributed by atoms with Crippen LogP contribution in [0.25, 0.3) is 0 Å². The number of nitrogens with one attached hydrogen (secondary N) is 2. The van der Waals surface area contributed by atoms with Gasteiger partial charge >= 0.3 is 0 Å². The molecule has 0 aliphatic heterocycles. The second-order valence-corrected chi connectivity index (χ2v) is 8.53. The highest BCUT2D eigenvalue weighted by Gasteiger charge is 2.15. The molecular formula is C23H24N2O4S. The number of amides is 1. The van der Waals surface area contributed by atoms with E-state index in [4.69, 9.17) is 4.74 Å². The highest BCUT2D eigenvalue weighted by Crippen LogP contribution is 2.17. The van der Waals surface area contributed by atoms with Gasteiger partial charge in [-0.1, -0.05) is 29.8 Å². The minimum Gasteiger partial charge on any atom is -0.497 e. The van der Waals surface area contributed by atoms with Gasteiger partial charge in [-0.05, 0) is 67.4 Å². The van der Waals surface area contributed by atoms with E-state index in [9.17, 15) is 13.2 Å². The van der Waals surface area contributed by atoms with Gasteiger partial charge in [0.05, 0.1) is 12.0 Å². The van der Waals surface area contributed by atoms with Gasteiger partial charge in [0.1, 0.15) is 5.75 Å². The third kappa shape index (κ3) is 5.61. The number of hydrogen-bond donors (Lipinski definition) is 2. The minimum atomic E-state index is -3.72. The summed E-state index contributed by atoms with van der Waals surface area (Å²) in [6.45, 7) is 2.40. The topological polar surface area (TPSA) is 84.5 Å². The number of methoxy groups -OCH3 is 1. The van der Waals surface area contributed by atoms with E-state index in [-0.39, 0.29) is 10.8 Å². The first-order chi connectivity index (χ1) is 14.4. The molecule has 0 bridgehead atoms. The zero-order valence-corrected chi connectivity index (χ0v) is 17.7. The van der Waals surface area contributed by atoms with E-state index in [1.165, 1.54) is 24.3 Å². The summed E-state index contributed by atoms with van der Waals surface area (Å²) >= 11 is 0. The summed E-state index contributed by atoms with van der Waals surface area (Å²) in [5.41, 5.74) is 3.01. The molecule has 0 saturated heterocycles. The number of carbonyl (C=O) groups excluding carboxylic acids is 1. The lowest BCUT2D eigenvalue weighted by Gasteiger charge is -2.10. The molecule has 0 unspecified atom stereocenters. The SMILES string of the molecule is COc1ccc(CCNC(=O)c2ccc(S(=O)(=O)Nc3ccc(C)cc3)cc2)cc1. The van der Waals surface area contributed by atoms with Crippen LogP contribution in [0, 0.1) is 6.92 Å². The van der Waals surface area contributed by atoms with Crippen LogP contribution in [0.4, 0.5) is 5.69 Å². The smallest absolute Gasteiger partial charge is 0.261 e. The fraction of sp³-hybridized carbons (Fsp3) is 0.174. The minimum absolute atomic E-state index is 0.0952. The number of hydrogen-bond acceptors (Lipinski definition) is 4. The van der Waals surface area contributed by atoms with Crippen molar-refractivity contribution in [2.75, 3.05) is 18.4 Å². The van der Waals surface area contributed by atoms with E-state index >= 15 is 0 Å². The first-order valence-electron chi connectivity index (χ1n) is 9.48. The first-order valence-corrected chi connectivity index (χ1v) is 11.0. The molecule has 0 atom stereocenters. The highest BCUT2D eigenvalue weighted by molar-refractivity contribution is 7.92. The van der Waals surface area contributed by atoms with Crippen molar-refractivity contribution in [1.29, 1.82) is 0 Å². The van der Waals surface area contributed by atoms with Gasteiger partial charge in [-0.3, -0.25) is 9.52 Å². The fourth-order valence-corrected chi connectivity index (χ4v) is 3.89. The Bertz CT molecular complexity index is 1090. The molecule has 6 nitrogen and oxygen atoms in total. The normalized spacial score (nSPS) is 11.0. The van der Waals surface area contributed by atoms with Gasteiger partial charge in [0.15, 0.2) is 0 Å². The molecule has 3 rings (SSSR count). The first kappa shape index (κ1) is 21.4. The lowest BCUT2D eigenvalue weighted by atomic mass is 10.1. The molecule has 0 aliphatic rings. The van der Waals surface area contributed by atoms with Crippen LogP contribution in [0.3, 0.4) is 0 Å². The van der Waals surface area contributed by atoms with Crippen LogP contribution in [0.1, 0.15) is 21.5 Å². The van der Waals surface area contributed by atoms with Gasteiger partial charge in [-0.2, -0.15) is 0 Å². The molecule has 0 aliphatic carbocycles. The van der Waals surface area contributed by atoms with Crippen LogP contribution in [-0.4, -0.2) is 28.0 Å². The summed E-state index contributed by atoms with van der Waals surface area (Å²) in [6, 6.07) is 20.6. The Morgan fingerprint density at radius 2 is 1.53 bits per heavy atom. The molecule has 7 heteroatoms. The zero-order valence-electron chi connectivity index (χ0n) is 16.9. The lowest BCUT2D eigenvalue weighted by molar-refractivity contribution is 0.0954. The van der Waals surface area contributed by atoms with Gasteiger partial charge < -0.3 is 10.1 Å². The molecule has 2 N–H and O–H groups in total. The van der Waals surface area contributed by atoms with Gasteiger partial charge in [0, 0.05) is 17.8 Å². The molecule has 0 spiro atoms. The Balaban J connectivity index is 1.57. The molecule has 3 aromatic rings. The van der Waals surface area contributed by atoms with Crippen LogP contribution in [0.15, 0.2) is 77.7 Å². The number of benzene rings is 3. The number of carbonyl (C=O) groups is 1. The maximum absolute atomic E-state index is 12.5. The Labute approximate surface area is 177 Å². The predicted molar refractivity (Wildman–Crippen MR) is 117 cm³/mol. The quantitative estimate of drug-likeness (QED) is 0.576. The van der Waals surface area contributed by atoms with Crippen molar-refractivity contribution in [1.82, 2.24) is 5.32 Å². The number of ether oxygens (including phenoxy) is 1. The Kier molecular flexibility index (Phi) is 6.74. The van der Waals surface area contributed by atoms with Crippen molar-refractivity contribution in [2.24, 2.45) is 0 Å². The van der Waals surface area contributed by atoms with E-state index < -0.39 is 10.0 Å². The Hall–Kier alpha value is -3.32. The summed E-state index contributed by atoms with van der Waals surface area (Å²) in [6.07, 6.45) is 0.683. The summed E-state index contributed by atoms with van der Waals surface area (Å²) in [4.78, 5) is 12.4. The van der Waals surface area contributed by atoms with E-state index in [1.807, 2.05) is 43.3 Å². The standard InChI is InChI=1S/C23H24N2O4S/c1-17-3-9-20(10-4-17)25-30(27,28)22-13-7-19(8-14-22)23(26)24-16-15-18-5-11-21(29-2)12-6-18/h3-14,25H,15-16H2,1-2H3,(H,24,26). The molecule has 1 amide bonds. The van der Waals surface area contributed by atoms with Crippen LogP contribution < -0.4 is 14.8 Å². The van der Waals surface area contributed by atoms with Gasteiger partial charge in [0.2, 0.25) is 0 Å². The molecule has 3 aromatic carbocycles. The molecule has 0 radical (unpaired) electrons. The predicted octanol–water partition coefficient (Wildman–Crippen LogP) is 3.78.